The molecule has 1 aromatic carbocycles. The van der Waals surface area contributed by atoms with Crippen LogP contribution in [-0.2, 0) is 4.74 Å². The van der Waals surface area contributed by atoms with Gasteiger partial charge in [0, 0.05) is 24.4 Å². The highest BCUT2D eigenvalue weighted by molar-refractivity contribution is 8.13. The van der Waals surface area contributed by atoms with Gasteiger partial charge in [-0.25, -0.2) is 9.98 Å². The zero-order valence-corrected chi connectivity index (χ0v) is 15.3. The van der Waals surface area contributed by atoms with Crippen LogP contribution in [0.25, 0.3) is 16.7 Å². The minimum absolute atomic E-state index is 0.343. The summed E-state index contributed by atoms with van der Waals surface area (Å²) >= 11 is 1.64. The van der Waals surface area contributed by atoms with Crippen molar-refractivity contribution in [1.82, 2.24) is 9.55 Å². The van der Waals surface area contributed by atoms with Gasteiger partial charge in [-0.05, 0) is 31.4 Å². The van der Waals surface area contributed by atoms with Gasteiger partial charge in [-0.15, -0.1) is 11.8 Å². The van der Waals surface area contributed by atoms with E-state index in [1.807, 2.05) is 30.7 Å². The van der Waals surface area contributed by atoms with Crippen molar-refractivity contribution in [2.45, 2.75) is 12.5 Å². The van der Waals surface area contributed by atoms with Crippen LogP contribution in [0.5, 0.6) is 0 Å². The molecule has 0 saturated heterocycles. The van der Waals surface area contributed by atoms with Crippen LogP contribution in [0.4, 0.5) is 11.4 Å². The van der Waals surface area contributed by atoms with E-state index in [9.17, 15) is 0 Å². The highest BCUT2D eigenvalue weighted by Crippen LogP contribution is 2.40. The molecule has 1 aliphatic rings. The van der Waals surface area contributed by atoms with Gasteiger partial charge in [0.15, 0.2) is 0 Å². The molecule has 0 unspecified atom stereocenters. The van der Waals surface area contributed by atoms with Crippen molar-refractivity contribution in [2.24, 2.45) is 4.99 Å². The Labute approximate surface area is 151 Å². The summed E-state index contributed by atoms with van der Waals surface area (Å²) in [5.74, 6) is 0. The first-order valence-corrected chi connectivity index (χ1v) is 9.34. The fourth-order valence-electron chi connectivity index (χ4n) is 3.31. The lowest BCUT2D eigenvalue weighted by Gasteiger charge is -2.35. The van der Waals surface area contributed by atoms with Crippen LogP contribution in [0.15, 0.2) is 53.8 Å². The molecule has 0 spiro atoms. The fraction of sp³-hybridized carbons (Fsp3) is 0.263. The second-order valence-corrected chi connectivity index (χ2v) is 7.08. The van der Waals surface area contributed by atoms with Crippen LogP contribution in [0.3, 0.4) is 0 Å². The number of methoxy groups -OCH3 is 1. The maximum atomic E-state index is 5.44. The molecule has 0 radical (unpaired) electrons. The zero-order chi connectivity index (χ0) is 17.4. The number of fused-ring (bicyclic) bond motifs is 3. The van der Waals surface area contributed by atoms with E-state index >= 15 is 0 Å². The summed E-state index contributed by atoms with van der Waals surface area (Å²) in [6.07, 6.45) is 5.93. The van der Waals surface area contributed by atoms with Crippen molar-refractivity contribution >= 4 is 39.2 Å². The Bertz CT molecular complexity index is 951. The summed E-state index contributed by atoms with van der Waals surface area (Å²) < 4.78 is 7.54. The molecule has 3 heterocycles. The molecule has 0 amide bonds. The largest absolute Gasteiger partial charge is 0.382 e. The number of hydrogen-bond donors (Lipinski definition) is 1. The van der Waals surface area contributed by atoms with Crippen molar-refractivity contribution in [1.29, 1.82) is 0 Å². The molecule has 0 aliphatic carbocycles. The molecule has 0 bridgehead atoms. The Hall–Kier alpha value is -2.31. The number of aliphatic imine (C=N–C) groups is 1. The molecule has 0 saturated carbocycles. The number of para-hydroxylation sites is 1. The first kappa shape index (κ1) is 16.2. The van der Waals surface area contributed by atoms with E-state index in [1.165, 1.54) is 0 Å². The van der Waals surface area contributed by atoms with Gasteiger partial charge in [-0.3, -0.25) is 0 Å². The molecule has 25 heavy (non-hydrogen) atoms. The SMILES string of the molecule is COC[C@]1(C)Nc2c(cnc3c2ccn3-c2ccccc2)N=C1SC. The average molecular weight is 352 g/mol. The molecule has 4 rings (SSSR count). The maximum absolute atomic E-state index is 5.44. The summed E-state index contributed by atoms with van der Waals surface area (Å²) in [5.41, 5.74) is 3.55. The highest BCUT2D eigenvalue weighted by Gasteiger charge is 2.35. The third-order valence-electron chi connectivity index (χ3n) is 4.45. The number of hydrogen-bond acceptors (Lipinski definition) is 5. The van der Waals surface area contributed by atoms with Gasteiger partial charge in [-0.2, -0.15) is 0 Å². The molecule has 2 aromatic heterocycles. The smallest absolute Gasteiger partial charge is 0.146 e. The topological polar surface area (TPSA) is 51.4 Å². The molecular weight excluding hydrogens is 332 g/mol. The number of rotatable bonds is 3. The Morgan fingerprint density at radius 2 is 2.04 bits per heavy atom. The predicted molar refractivity (Wildman–Crippen MR) is 106 cm³/mol. The normalized spacial score (nSPS) is 19.4. The van der Waals surface area contributed by atoms with Crippen LogP contribution in [0, 0.1) is 0 Å². The average Bonchev–Trinajstić information content (AvgIpc) is 3.06. The summed E-state index contributed by atoms with van der Waals surface area (Å²) in [6, 6.07) is 12.3. The summed E-state index contributed by atoms with van der Waals surface area (Å²) in [5, 5.41) is 5.72. The highest BCUT2D eigenvalue weighted by atomic mass is 32.2. The monoisotopic (exact) mass is 352 g/mol. The van der Waals surface area contributed by atoms with Gasteiger partial charge in [0.05, 0.1) is 18.5 Å². The third kappa shape index (κ3) is 2.62. The van der Waals surface area contributed by atoms with Gasteiger partial charge in [-0.1, -0.05) is 18.2 Å². The molecule has 0 fully saturated rings. The number of benzene rings is 1. The molecular formula is C19H20N4OS. The van der Waals surface area contributed by atoms with E-state index < -0.39 is 0 Å². The van der Waals surface area contributed by atoms with Gasteiger partial charge < -0.3 is 14.6 Å². The molecule has 3 aromatic rings. The number of ether oxygens (including phenoxy) is 1. The number of aromatic nitrogens is 2. The third-order valence-corrected chi connectivity index (χ3v) is 5.38. The molecule has 1 N–H and O–H groups in total. The van der Waals surface area contributed by atoms with Crippen molar-refractivity contribution in [3.05, 3.63) is 48.8 Å². The van der Waals surface area contributed by atoms with Crippen molar-refractivity contribution in [2.75, 3.05) is 25.3 Å². The van der Waals surface area contributed by atoms with E-state index in [0.29, 0.717) is 6.61 Å². The first-order chi connectivity index (χ1) is 12.2. The zero-order valence-electron chi connectivity index (χ0n) is 14.5. The van der Waals surface area contributed by atoms with E-state index in [0.717, 1.165) is 33.1 Å². The summed E-state index contributed by atoms with van der Waals surface area (Å²) in [4.78, 5) is 9.50. The van der Waals surface area contributed by atoms with Crippen LogP contribution in [0.2, 0.25) is 0 Å². The van der Waals surface area contributed by atoms with Crippen molar-refractivity contribution in [3.63, 3.8) is 0 Å². The lowest BCUT2D eigenvalue weighted by atomic mass is 10.0. The summed E-state index contributed by atoms with van der Waals surface area (Å²) in [7, 11) is 1.72. The molecule has 128 valence electrons. The van der Waals surface area contributed by atoms with Crippen LogP contribution < -0.4 is 5.32 Å². The Morgan fingerprint density at radius 3 is 2.76 bits per heavy atom. The molecule has 1 aliphatic heterocycles. The summed E-state index contributed by atoms with van der Waals surface area (Å²) in [6.45, 7) is 2.67. The maximum Gasteiger partial charge on any atom is 0.146 e. The van der Waals surface area contributed by atoms with Crippen LogP contribution in [0.1, 0.15) is 6.92 Å². The van der Waals surface area contributed by atoms with Gasteiger partial charge >= 0.3 is 0 Å². The van der Waals surface area contributed by atoms with Crippen LogP contribution in [-0.4, -0.2) is 40.1 Å². The fourth-order valence-corrected chi connectivity index (χ4v) is 4.06. The Morgan fingerprint density at radius 1 is 1.24 bits per heavy atom. The first-order valence-electron chi connectivity index (χ1n) is 8.12. The second kappa shape index (κ2) is 6.20. The predicted octanol–water partition coefficient (Wildman–Crippen LogP) is 4.25. The lowest BCUT2D eigenvalue weighted by molar-refractivity contribution is 0.175. The quantitative estimate of drug-likeness (QED) is 0.766. The number of anilines is 1. The van der Waals surface area contributed by atoms with Gasteiger partial charge in [0.1, 0.15) is 21.9 Å². The molecule has 1 atom stereocenters. The standard InChI is InChI=1S/C19H20N4OS/c1-19(12-24-2)18(25-3)21-15-11-20-17-14(16(15)22-19)9-10-23(17)13-7-5-4-6-8-13/h4-11,22H,12H2,1-3H3/t19-/m0/s1. The number of pyridine rings is 1. The minimum atomic E-state index is -0.343. The van der Waals surface area contributed by atoms with E-state index in [-0.39, 0.29) is 5.54 Å². The lowest BCUT2D eigenvalue weighted by Crippen LogP contribution is -2.47. The van der Waals surface area contributed by atoms with Gasteiger partial charge in [0.25, 0.3) is 0 Å². The number of thioether (sulfide) groups is 1. The Balaban J connectivity index is 1.88. The molecule has 5 nitrogen and oxygen atoms in total. The van der Waals surface area contributed by atoms with Crippen LogP contribution >= 0.6 is 11.8 Å². The van der Waals surface area contributed by atoms with E-state index in [4.69, 9.17) is 9.73 Å². The van der Waals surface area contributed by atoms with Crippen molar-refractivity contribution in [3.8, 4) is 5.69 Å². The van der Waals surface area contributed by atoms with Crippen molar-refractivity contribution < 1.29 is 4.74 Å². The second-order valence-electron chi connectivity index (χ2n) is 6.29. The van der Waals surface area contributed by atoms with E-state index in [2.05, 4.69) is 46.2 Å². The number of nitrogens with one attached hydrogen (secondary N) is 1. The minimum Gasteiger partial charge on any atom is -0.382 e. The Kier molecular flexibility index (Phi) is 4.01. The number of nitrogens with zero attached hydrogens (tertiary/aromatic N) is 3. The van der Waals surface area contributed by atoms with Gasteiger partial charge in [0.2, 0.25) is 0 Å². The molecule has 6 heteroatoms. The van der Waals surface area contributed by atoms with E-state index in [1.54, 1.807) is 18.9 Å².